The second-order valence-electron chi connectivity index (χ2n) is 6.44. The highest BCUT2D eigenvalue weighted by atomic mass is 16.7. The second kappa shape index (κ2) is 10.2. The predicted octanol–water partition coefficient (Wildman–Crippen LogP) is 3.70. The Balaban J connectivity index is 2.03. The number of carbonyl (C=O) groups excluding carboxylic acids is 1. The Kier molecular flexibility index (Phi) is 7.95. The molecule has 5 heteroatoms. The van der Waals surface area contributed by atoms with Crippen molar-refractivity contribution >= 4 is 5.91 Å². The largest absolute Gasteiger partial charge is 0.465 e. The van der Waals surface area contributed by atoms with Crippen molar-refractivity contribution in [2.24, 2.45) is 0 Å². The molecule has 1 saturated heterocycles. The quantitative estimate of drug-likeness (QED) is 0.639. The van der Waals surface area contributed by atoms with Crippen LogP contribution in [0.25, 0.3) is 0 Å². The molecule has 0 radical (unpaired) electrons. The smallest absolute Gasteiger partial charge is 0.248 e. The van der Waals surface area contributed by atoms with Crippen LogP contribution in [0.5, 0.6) is 5.75 Å². The number of allylic oxidation sites excluding steroid dienone is 1. The third kappa shape index (κ3) is 6.52. The first-order chi connectivity index (χ1) is 12.1. The van der Waals surface area contributed by atoms with E-state index in [0.29, 0.717) is 0 Å². The summed E-state index contributed by atoms with van der Waals surface area (Å²) in [4.78, 5) is 13.4. The summed E-state index contributed by atoms with van der Waals surface area (Å²) in [6.45, 7) is 4.59. The fraction of sp³-hybridized carbons (Fsp3) is 0.550. The number of hydrogen-bond donors (Lipinski definition) is 0. The number of benzene rings is 1. The van der Waals surface area contributed by atoms with E-state index in [1.807, 2.05) is 30.3 Å². The highest BCUT2D eigenvalue weighted by Crippen LogP contribution is 2.28. The van der Waals surface area contributed by atoms with E-state index < -0.39 is 0 Å². The molecule has 0 aromatic heterocycles. The van der Waals surface area contributed by atoms with E-state index >= 15 is 0 Å². The number of nitrogens with zero attached hydrogens (tertiary/aromatic N) is 1. The van der Waals surface area contributed by atoms with E-state index in [0.717, 1.165) is 50.0 Å². The molecule has 1 heterocycles. The zero-order valence-corrected chi connectivity index (χ0v) is 15.3. The van der Waals surface area contributed by atoms with Crippen molar-refractivity contribution in [2.75, 3.05) is 27.3 Å². The van der Waals surface area contributed by atoms with Gasteiger partial charge in [0.1, 0.15) is 12.4 Å². The Hall–Kier alpha value is -1.85. The number of rotatable bonds is 9. The van der Waals surface area contributed by atoms with Gasteiger partial charge in [-0.15, -0.1) is 6.58 Å². The SMILES string of the molecule is C=CCCC(OCC(=O)N(C)C)c1cccc(OC2CCCCO2)c1. The van der Waals surface area contributed by atoms with Crippen LogP contribution in [0.3, 0.4) is 0 Å². The third-order valence-electron chi connectivity index (χ3n) is 4.18. The van der Waals surface area contributed by atoms with Gasteiger partial charge in [0, 0.05) is 20.5 Å². The zero-order valence-electron chi connectivity index (χ0n) is 15.3. The predicted molar refractivity (Wildman–Crippen MR) is 97.5 cm³/mol. The summed E-state index contributed by atoms with van der Waals surface area (Å²) in [6, 6.07) is 7.86. The second-order valence-corrected chi connectivity index (χ2v) is 6.44. The molecule has 25 heavy (non-hydrogen) atoms. The van der Waals surface area contributed by atoms with E-state index in [1.165, 1.54) is 4.90 Å². The Morgan fingerprint density at radius 1 is 1.44 bits per heavy atom. The molecule has 1 fully saturated rings. The van der Waals surface area contributed by atoms with Gasteiger partial charge in [0.15, 0.2) is 6.29 Å². The fourth-order valence-electron chi connectivity index (χ4n) is 2.66. The van der Waals surface area contributed by atoms with Crippen molar-refractivity contribution in [2.45, 2.75) is 44.5 Å². The lowest BCUT2D eigenvalue weighted by molar-refractivity contribution is -0.135. The fourth-order valence-corrected chi connectivity index (χ4v) is 2.66. The van der Waals surface area contributed by atoms with Crippen LogP contribution in [0.2, 0.25) is 0 Å². The zero-order chi connectivity index (χ0) is 18.1. The molecular weight excluding hydrogens is 318 g/mol. The maximum absolute atomic E-state index is 11.8. The molecule has 138 valence electrons. The van der Waals surface area contributed by atoms with Gasteiger partial charge in [-0.05, 0) is 43.4 Å². The maximum atomic E-state index is 11.8. The van der Waals surface area contributed by atoms with Crippen molar-refractivity contribution in [1.29, 1.82) is 0 Å². The lowest BCUT2D eigenvalue weighted by Gasteiger charge is -2.24. The first-order valence-electron chi connectivity index (χ1n) is 8.91. The molecule has 1 amide bonds. The number of amides is 1. The molecule has 2 unspecified atom stereocenters. The molecule has 0 N–H and O–H groups in total. The van der Waals surface area contributed by atoms with E-state index in [2.05, 4.69) is 6.58 Å². The Bertz CT molecular complexity index is 552. The highest BCUT2D eigenvalue weighted by Gasteiger charge is 2.18. The van der Waals surface area contributed by atoms with Crippen molar-refractivity contribution in [3.05, 3.63) is 42.5 Å². The monoisotopic (exact) mass is 347 g/mol. The topological polar surface area (TPSA) is 48.0 Å². The summed E-state index contributed by atoms with van der Waals surface area (Å²) < 4.78 is 17.4. The maximum Gasteiger partial charge on any atom is 0.248 e. The Morgan fingerprint density at radius 3 is 2.96 bits per heavy atom. The molecule has 2 atom stereocenters. The van der Waals surface area contributed by atoms with Gasteiger partial charge in [0.05, 0.1) is 12.7 Å². The van der Waals surface area contributed by atoms with Gasteiger partial charge >= 0.3 is 0 Å². The van der Waals surface area contributed by atoms with Crippen molar-refractivity contribution in [3.63, 3.8) is 0 Å². The van der Waals surface area contributed by atoms with Crippen LogP contribution in [0.15, 0.2) is 36.9 Å². The average molecular weight is 347 g/mol. The van der Waals surface area contributed by atoms with Crippen LogP contribution >= 0.6 is 0 Å². The summed E-state index contributed by atoms with van der Waals surface area (Å²) in [6.07, 6.45) is 6.24. The van der Waals surface area contributed by atoms with Gasteiger partial charge in [-0.2, -0.15) is 0 Å². The number of ether oxygens (including phenoxy) is 3. The summed E-state index contributed by atoms with van der Waals surface area (Å²) in [7, 11) is 3.45. The van der Waals surface area contributed by atoms with Crippen LogP contribution in [-0.4, -0.2) is 44.4 Å². The summed E-state index contributed by atoms with van der Waals surface area (Å²) >= 11 is 0. The third-order valence-corrected chi connectivity index (χ3v) is 4.18. The Morgan fingerprint density at radius 2 is 2.28 bits per heavy atom. The number of carbonyl (C=O) groups is 1. The molecule has 1 aromatic rings. The van der Waals surface area contributed by atoms with Gasteiger partial charge in [0.25, 0.3) is 0 Å². The van der Waals surface area contributed by atoms with E-state index in [1.54, 1.807) is 14.1 Å². The van der Waals surface area contributed by atoms with E-state index in [4.69, 9.17) is 14.2 Å². The van der Waals surface area contributed by atoms with Crippen LogP contribution in [0.1, 0.15) is 43.8 Å². The Labute approximate surface area is 150 Å². The van der Waals surface area contributed by atoms with Gasteiger partial charge in [-0.25, -0.2) is 0 Å². The minimum Gasteiger partial charge on any atom is -0.465 e. The van der Waals surface area contributed by atoms with Crippen molar-refractivity contribution in [3.8, 4) is 5.75 Å². The number of likely N-dealkylation sites (N-methyl/N-ethyl adjacent to an activating group) is 1. The average Bonchev–Trinajstić information content (AvgIpc) is 2.62. The summed E-state index contributed by atoms with van der Waals surface area (Å²) in [5.41, 5.74) is 1.00. The molecule has 0 saturated carbocycles. The minimum absolute atomic E-state index is 0.0494. The summed E-state index contributed by atoms with van der Waals surface area (Å²) in [5, 5.41) is 0. The van der Waals surface area contributed by atoms with Gasteiger partial charge in [0.2, 0.25) is 5.91 Å². The molecule has 5 nitrogen and oxygen atoms in total. The van der Waals surface area contributed by atoms with Crippen LogP contribution in [0.4, 0.5) is 0 Å². The molecule has 1 aromatic carbocycles. The van der Waals surface area contributed by atoms with E-state index in [-0.39, 0.29) is 24.9 Å². The summed E-state index contributed by atoms with van der Waals surface area (Å²) in [5.74, 6) is 0.724. The minimum atomic E-state index is -0.174. The van der Waals surface area contributed by atoms with Crippen LogP contribution in [0, 0.1) is 0 Å². The van der Waals surface area contributed by atoms with Gasteiger partial charge in [-0.1, -0.05) is 18.2 Å². The van der Waals surface area contributed by atoms with Gasteiger partial charge < -0.3 is 19.1 Å². The molecule has 1 aliphatic rings. The first kappa shape index (κ1) is 19.5. The van der Waals surface area contributed by atoms with Crippen molar-refractivity contribution in [1.82, 2.24) is 4.90 Å². The van der Waals surface area contributed by atoms with Crippen LogP contribution < -0.4 is 4.74 Å². The van der Waals surface area contributed by atoms with E-state index in [9.17, 15) is 4.79 Å². The van der Waals surface area contributed by atoms with Gasteiger partial charge in [-0.3, -0.25) is 4.79 Å². The molecule has 2 rings (SSSR count). The normalized spacial score (nSPS) is 18.4. The van der Waals surface area contributed by atoms with Crippen molar-refractivity contribution < 1.29 is 19.0 Å². The number of hydrogen-bond acceptors (Lipinski definition) is 4. The highest BCUT2D eigenvalue weighted by molar-refractivity contribution is 5.76. The molecular formula is C20H29NO4. The first-order valence-corrected chi connectivity index (χ1v) is 8.91. The lowest BCUT2D eigenvalue weighted by atomic mass is 10.0. The molecule has 0 spiro atoms. The van der Waals surface area contributed by atoms with Crippen LogP contribution in [-0.2, 0) is 14.3 Å². The lowest BCUT2D eigenvalue weighted by Crippen LogP contribution is -2.27. The molecule has 1 aliphatic heterocycles. The molecule has 0 aliphatic carbocycles. The molecule has 0 bridgehead atoms. The standard InChI is InChI=1S/C20H29NO4/c1-4-5-11-18(24-15-19(22)21(2)3)16-9-8-10-17(14-16)25-20-12-6-7-13-23-20/h4,8-10,14,18,20H,1,5-7,11-13,15H2,2-3H3.